The van der Waals surface area contributed by atoms with Crippen LogP contribution in [0.4, 0.5) is 10.1 Å². The monoisotopic (exact) mass is 299 g/mol. The largest absolute Gasteiger partial charge is 0.494 e. The van der Waals surface area contributed by atoms with Crippen LogP contribution in [0.25, 0.3) is 0 Å². The molecule has 0 aliphatic carbocycles. The fraction of sp³-hybridized carbons (Fsp3) is 0.167. The molecule has 22 heavy (non-hydrogen) atoms. The highest BCUT2D eigenvalue weighted by molar-refractivity contribution is 6.04. The Bertz CT molecular complexity index is 678. The summed E-state index contributed by atoms with van der Waals surface area (Å²) < 4.78 is 18.9. The minimum absolute atomic E-state index is 0.163. The summed E-state index contributed by atoms with van der Waals surface area (Å²) in [7, 11) is 0. The van der Waals surface area contributed by atoms with Crippen LogP contribution in [0.2, 0.25) is 0 Å². The van der Waals surface area contributed by atoms with E-state index in [4.69, 9.17) is 4.74 Å². The van der Waals surface area contributed by atoms with Gasteiger partial charge in [0.25, 0.3) is 0 Å². The molecule has 0 aliphatic rings. The molecule has 1 N–H and O–H groups in total. The zero-order chi connectivity index (χ0) is 15.9. The number of nitrogens with one attached hydrogen (secondary N) is 1. The van der Waals surface area contributed by atoms with Crippen molar-refractivity contribution in [2.24, 2.45) is 0 Å². The lowest BCUT2D eigenvalue weighted by atomic mass is 10.1. The van der Waals surface area contributed by atoms with Crippen LogP contribution >= 0.6 is 0 Å². The number of carbonyl (C=O) groups is 1. The van der Waals surface area contributed by atoms with Gasteiger partial charge in [0.05, 0.1) is 12.3 Å². The number of anilines is 1. The van der Waals surface area contributed by atoms with Crippen molar-refractivity contribution >= 4 is 11.5 Å². The highest BCUT2D eigenvalue weighted by Crippen LogP contribution is 2.16. The third-order valence-corrected chi connectivity index (χ3v) is 3.05. The molecule has 0 aromatic heterocycles. The van der Waals surface area contributed by atoms with Crippen molar-refractivity contribution < 1.29 is 13.9 Å². The Morgan fingerprint density at radius 2 is 1.95 bits per heavy atom. The SMILES string of the molecule is CCOc1ccc(C(=O)/C=C/Nc2cc(C)ccc2F)cc1. The Hall–Kier alpha value is -2.62. The van der Waals surface area contributed by atoms with Gasteiger partial charge in [-0.2, -0.15) is 0 Å². The normalized spacial score (nSPS) is 10.7. The van der Waals surface area contributed by atoms with Crippen molar-refractivity contribution in [2.75, 3.05) is 11.9 Å². The van der Waals surface area contributed by atoms with E-state index in [2.05, 4.69) is 5.32 Å². The molecule has 0 amide bonds. The van der Waals surface area contributed by atoms with Gasteiger partial charge in [0.15, 0.2) is 5.78 Å². The topological polar surface area (TPSA) is 38.3 Å². The van der Waals surface area contributed by atoms with Crippen molar-refractivity contribution in [2.45, 2.75) is 13.8 Å². The first-order valence-corrected chi connectivity index (χ1v) is 7.06. The minimum atomic E-state index is -0.358. The summed E-state index contributed by atoms with van der Waals surface area (Å²) in [5.74, 6) is 0.204. The van der Waals surface area contributed by atoms with Gasteiger partial charge in [-0.3, -0.25) is 4.79 Å². The molecule has 0 radical (unpaired) electrons. The van der Waals surface area contributed by atoms with Gasteiger partial charge >= 0.3 is 0 Å². The van der Waals surface area contributed by atoms with Crippen LogP contribution < -0.4 is 10.1 Å². The molecular weight excluding hydrogens is 281 g/mol. The lowest BCUT2D eigenvalue weighted by molar-refractivity contribution is 0.104. The van der Waals surface area contributed by atoms with Crippen LogP contribution in [0, 0.1) is 12.7 Å². The van der Waals surface area contributed by atoms with Crippen LogP contribution in [0.5, 0.6) is 5.75 Å². The van der Waals surface area contributed by atoms with E-state index < -0.39 is 0 Å². The predicted molar refractivity (Wildman–Crippen MR) is 85.8 cm³/mol. The first kappa shape index (κ1) is 15.8. The summed E-state index contributed by atoms with van der Waals surface area (Å²) in [5.41, 5.74) is 1.83. The van der Waals surface area contributed by atoms with Gasteiger partial charge in [-0.05, 0) is 55.8 Å². The third-order valence-electron chi connectivity index (χ3n) is 3.05. The second-order valence-electron chi connectivity index (χ2n) is 4.78. The molecule has 0 fully saturated rings. The Morgan fingerprint density at radius 1 is 1.23 bits per heavy atom. The third kappa shape index (κ3) is 4.19. The zero-order valence-electron chi connectivity index (χ0n) is 12.6. The summed E-state index contributed by atoms with van der Waals surface area (Å²) in [6, 6.07) is 11.7. The number of ether oxygens (including phenoxy) is 1. The molecule has 2 rings (SSSR count). The van der Waals surface area contributed by atoms with E-state index in [0.29, 0.717) is 17.9 Å². The summed E-state index contributed by atoms with van der Waals surface area (Å²) in [5, 5.41) is 2.79. The molecule has 2 aromatic carbocycles. The van der Waals surface area contributed by atoms with Crippen LogP contribution in [-0.4, -0.2) is 12.4 Å². The van der Waals surface area contributed by atoms with E-state index in [9.17, 15) is 9.18 Å². The summed E-state index contributed by atoms with van der Waals surface area (Å²) in [4.78, 5) is 12.0. The smallest absolute Gasteiger partial charge is 0.187 e. The molecule has 0 bridgehead atoms. The first-order valence-electron chi connectivity index (χ1n) is 7.06. The maximum Gasteiger partial charge on any atom is 0.187 e. The number of hydrogen-bond donors (Lipinski definition) is 1. The van der Waals surface area contributed by atoms with E-state index in [0.717, 1.165) is 11.3 Å². The maximum absolute atomic E-state index is 13.5. The van der Waals surface area contributed by atoms with Crippen molar-refractivity contribution in [3.05, 3.63) is 71.7 Å². The Kier molecular flexibility index (Phi) is 5.31. The molecular formula is C18H18FNO2. The Labute approximate surface area is 129 Å². The quantitative estimate of drug-likeness (QED) is 0.637. The highest BCUT2D eigenvalue weighted by Gasteiger charge is 2.03. The molecule has 0 spiro atoms. The van der Waals surface area contributed by atoms with Gasteiger partial charge in [-0.15, -0.1) is 0 Å². The van der Waals surface area contributed by atoms with Crippen LogP contribution in [0.3, 0.4) is 0 Å². The molecule has 0 aliphatic heterocycles. The van der Waals surface area contributed by atoms with Gasteiger partial charge in [0.1, 0.15) is 11.6 Å². The summed E-state index contributed by atoms with van der Waals surface area (Å²) in [6.07, 6.45) is 2.81. The van der Waals surface area contributed by atoms with Gasteiger partial charge in [0.2, 0.25) is 0 Å². The molecule has 2 aromatic rings. The number of carbonyl (C=O) groups excluding carboxylic acids is 1. The molecule has 3 nitrogen and oxygen atoms in total. The van der Waals surface area contributed by atoms with E-state index in [1.165, 1.54) is 18.3 Å². The van der Waals surface area contributed by atoms with Gasteiger partial charge in [0, 0.05) is 17.8 Å². The number of allylic oxidation sites excluding steroid dienone is 1. The van der Waals surface area contributed by atoms with Gasteiger partial charge < -0.3 is 10.1 Å². The molecule has 0 saturated carbocycles. The van der Waals surface area contributed by atoms with Crippen LogP contribution in [-0.2, 0) is 0 Å². The van der Waals surface area contributed by atoms with Crippen molar-refractivity contribution in [1.82, 2.24) is 0 Å². The molecule has 0 unspecified atom stereocenters. The molecule has 0 heterocycles. The summed E-state index contributed by atoms with van der Waals surface area (Å²) in [6.45, 7) is 4.36. The maximum atomic E-state index is 13.5. The molecule has 4 heteroatoms. The van der Waals surface area contributed by atoms with Crippen LogP contribution in [0.15, 0.2) is 54.7 Å². The number of ketones is 1. The Balaban J connectivity index is 2.00. The van der Waals surface area contributed by atoms with E-state index in [1.54, 1.807) is 36.4 Å². The van der Waals surface area contributed by atoms with Crippen molar-refractivity contribution in [3.8, 4) is 5.75 Å². The van der Waals surface area contributed by atoms with Crippen molar-refractivity contribution in [3.63, 3.8) is 0 Å². The molecule has 114 valence electrons. The average molecular weight is 299 g/mol. The van der Waals surface area contributed by atoms with Gasteiger partial charge in [-0.1, -0.05) is 6.07 Å². The first-order chi connectivity index (χ1) is 10.6. The zero-order valence-corrected chi connectivity index (χ0v) is 12.6. The number of hydrogen-bond acceptors (Lipinski definition) is 3. The van der Waals surface area contributed by atoms with E-state index >= 15 is 0 Å². The molecule has 0 saturated heterocycles. The second kappa shape index (κ2) is 7.41. The van der Waals surface area contributed by atoms with Crippen LogP contribution in [0.1, 0.15) is 22.8 Å². The lowest BCUT2D eigenvalue weighted by Crippen LogP contribution is -1.98. The fourth-order valence-corrected chi connectivity index (χ4v) is 1.94. The number of benzene rings is 2. The number of aryl methyl sites for hydroxylation is 1. The van der Waals surface area contributed by atoms with Gasteiger partial charge in [-0.25, -0.2) is 4.39 Å². The van der Waals surface area contributed by atoms with Crippen molar-refractivity contribution in [1.29, 1.82) is 0 Å². The highest BCUT2D eigenvalue weighted by atomic mass is 19.1. The number of halogens is 1. The second-order valence-corrected chi connectivity index (χ2v) is 4.78. The lowest BCUT2D eigenvalue weighted by Gasteiger charge is -2.04. The van der Waals surface area contributed by atoms with E-state index in [-0.39, 0.29) is 11.6 Å². The fourth-order valence-electron chi connectivity index (χ4n) is 1.94. The standard InChI is InChI=1S/C18H18FNO2/c1-3-22-15-7-5-14(6-8-15)18(21)10-11-20-17-12-13(2)4-9-16(17)19/h4-12,20H,3H2,1-2H3/b11-10+. The average Bonchev–Trinajstić information content (AvgIpc) is 2.51. The summed E-state index contributed by atoms with van der Waals surface area (Å²) >= 11 is 0. The minimum Gasteiger partial charge on any atom is -0.494 e. The Morgan fingerprint density at radius 3 is 2.64 bits per heavy atom. The number of rotatable bonds is 6. The van der Waals surface area contributed by atoms with E-state index in [1.807, 2.05) is 13.8 Å². The molecule has 0 atom stereocenters. The predicted octanol–water partition coefficient (Wildman–Crippen LogP) is 4.34.